The Bertz CT molecular complexity index is 681. The quantitative estimate of drug-likeness (QED) is 0.847. The second kappa shape index (κ2) is 7.05. The van der Waals surface area contributed by atoms with Crippen molar-refractivity contribution in [2.24, 2.45) is 0 Å². The molecule has 3 rings (SSSR count). The largest absolute Gasteiger partial charge is 0.497 e. The Morgan fingerprint density at radius 2 is 1.70 bits per heavy atom. The summed E-state index contributed by atoms with van der Waals surface area (Å²) >= 11 is 0. The van der Waals surface area contributed by atoms with Crippen LogP contribution in [0.5, 0.6) is 11.5 Å². The molecule has 1 heterocycles. The second-order valence-corrected chi connectivity index (χ2v) is 6.22. The minimum atomic E-state index is 0.929. The molecule has 1 aliphatic rings. The first-order chi connectivity index (χ1) is 11.2. The van der Waals surface area contributed by atoms with Crippen LogP contribution in [-0.4, -0.2) is 32.7 Å². The summed E-state index contributed by atoms with van der Waals surface area (Å²) in [6.07, 6.45) is 3.15. The molecular formula is C20H25NO2. The normalized spacial score (nSPS) is 15.4. The van der Waals surface area contributed by atoms with E-state index in [4.69, 9.17) is 9.47 Å². The van der Waals surface area contributed by atoms with E-state index >= 15 is 0 Å². The summed E-state index contributed by atoms with van der Waals surface area (Å²) in [6, 6.07) is 12.9. The summed E-state index contributed by atoms with van der Waals surface area (Å²) in [5.74, 6) is 1.95. The van der Waals surface area contributed by atoms with E-state index in [-0.39, 0.29) is 0 Å². The van der Waals surface area contributed by atoms with E-state index in [1.54, 1.807) is 14.2 Å². The van der Waals surface area contributed by atoms with Gasteiger partial charge in [-0.1, -0.05) is 18.2 Å². The number of hydrogen-bond donors (Lipinski definition) is 0. The van der Waals surface area contributed by atoms with Gasteiger partial charge in [-0.25, -0.2) is 0 Å². The van der Waals surface area contributed by atoms with Crippen LogP contribution in [0.25, 0.3) is 0 Å². The lowest BCUT2D eigenvalue weighted by Gasteiger charge is -2.23. The first kappa shape index (κ1) is 15.9. The van der Waals surface area contributed by atoms with Crippen LogP contribution in [0.15, 0.2) is 36.4 Å². The van der Waals surface area contributed by atoms with Crippen molar-refractivity contribution >= 4 is 0 Å². The van der Waals surface area contributed by atoms with E-state index in [9.17, 15) is 0 Å². The van der Waals surface area contributed by atoms with Crippen LogP contribution in [0.2, 0.25) is 0 Å². The Morgan fingerprint density at radius 3 is 2.48 bits per heavy atom. The third-order valence-corrected chi connectivity index (χ3v) is 4.72. The number of fused-ring (bicyclic) bond motifs is 2. The number of nitrogens with zero attached hydrogens (tertiary/aromatic N) is 1. The van der Waals surface area contributed by atoms with Crippen molar-refractivity contribution in [2.45, 2.75) is 25.8 Å². The van der Waals surface area contributed by atoms with Crippen molar-refractivity contribution in [2.75, 3.05) is 27.8 Å². The van der Waals surface area contributed by atoms with Crippen LogP contribution < -0.4 is 9.47 Å². The Morgan fingerprint density at radius 1 is 0.870 bits per heavy atom. The third kappa shape index (κ3) is 3.50. The maximum atomic E-state index is 5.59. The molecule has 2 aromatic rings. The first-order valence-electron chi connectivity index (χ1n) is 8.20. The highest BCUT2D eigenvalue weighted by atomic mass is 16.5. The Hall–Kier alpha value is -2.00. The molecule has 0 fully saturated rings. The number of benzene rings is 2. The Balaban J connectivity index is 1.97. The fourth-order valence-corrected chi connectivity index (χ4v) is 3.35. The molecule has 0 saturated heterocycles. The van der Waals surface area contributed by atoms with E-state index in [0.29, 0.717) is 0 Å². The minimum absolute atomic E-state index is 0.929. The van der Waals surface area contributed by atoms with Gasteiger partial charge in [0.05, 0.1) is 14.2 Å². The van der Waals surface area contributed by atoms with Gasteiger partial charge >= 0.3 is 0 Å². The van der Waals surface area contributed by atoms with Crippen molar-refractivity contribution in [3.8, 4) is 11.5 Å². The molecule has 0 amide bonds. The number of ether oxygens (including phenoxy) is 2. The smallest absolute Gasteiger partial charge is 0.123 e. The fraction of sp³-hybridized carbons (Fsp3) is 0.400. The molecule has 2 aromatic carbocycles. The van der Waals surface area contributed by atoms with Gasteiger partial charge in [0.15, 0.2) is 0 Å². The molecular weight excluding hydrogens is 286 g/mol. The standard InChI is InChI=1S/C20H25NO2/c1-21-12-11-17-13-18(22-2)10-9-15(17)7-8-16-5-4-6-20(23-3)19(16)14-21/h4-6,9-10,13H,7-8,11-12,14H2,1-3H3. The van der Waals surface area contributed by atoms with Gasteiger partial charge in [0.2, 0.25) is 0 Å². The monoisotopic (exact) mass is 311 g/mol. The zero-order chi connectivity index (χ0) is 16.2. The number of methoxy groups -OCH3 is 2. The SMILES string of the molecule is COc1ccc2c(c1)CCN(C)Cc1c(cccc1OC)CC2. The van der Waals surface area contributed by atoms with E-state index in [1.165, 1.54) is 22.3 Å². The summed E-state index contributed by atoms with van der Waals surface area (Å²) in [5.41, 5.74) is 5.55. The minimum Gasteiger partial charge on any atom is -0.497 e. The summed E-state index contributed by atoms with van der Waals surface area (Å²) in [4.78, 5) is 2.37. The van der Waals surface area contributed by atoms with Gasteiger partial charge in [-0.15, -0.1) is 0 Å². The lowest BCUT2D eigenvalue weighted by molar-refractivity contribution is 0.318. The zero-order valence-corrected chi connectivity index (χ0v) is 14.3. The lowest BCUT2D eigenvalue weighted by atomic mass is 9.93. The summed E-state index contributed by atoms with van der Waals surface area (Å²) < 4.78 is 11.0. The number of aryl methyl sites for hydroxylation is 2. The van der Waals surface area contributed by atoms with Crippen LogP contribution >= 0.6 is 0 Å². The molecule has 0 bridgehead atoms. The zero-order valence-electron chi connectivity index (χ0n) is 14.3. The van der Waals surface area contributed by atoms with E-state index in [2.05, 4.69) is 48.3 Å². The van der Waals surface area contributed by atoms with Crippen LogP contribution in [0.3, 0.4) is 0 Å². The molecule has 1 aliphatic heterocycles. The van der Waals surface area contributed by atoms with Gasteiger partial charge in [-0.3, -0.25) is 0 Å². The van der Waals surface area contributed by atoms with E-state index in [0.717, 1.165) is 43.9 Å². The van der Waals surface area contributed by atoms with Crippen molar-refractivity contribution in [3.63, 3.8) is 0 Å². The maximum Gasteiger partial charge on any atom is 0.123 e. The molecule has 0 aromatic heterocycles. The molecule has 0 saturated carbocycles. The highest BCUT2D eigenvalue weighted by Crippen LogP contribution is 2.27. The van der Waals surface area contributed by atoms with Gasteiger partial charge in [0, 0.05) is 18.7 Å². The highest BCUT2D eigenvalue weighted by Gasteiger charge is 2.15. The van der Waals surface area contributed by atoms with Crippen LogP contribution in [0.1, 0.15) is 22.3 Å². The molecule has 0 N–H and O–H groups in total. The average molecular weight is 311 g/mol. The molecule has 3 heteroatoms. The number of rotatable bonds is 2. The van der Waals surface area contributed by atoms with Crippen molar-refractivity contribution in [3.05, 3.63) is 58.7 Å². The molecule has 3 nitrogen and oxygen atoms in total. The van der Waals surface area contributed by atoms with E-state index in [1.807, 2.05) is 0 Å². The molecule has 122 valence electrons. The lowest BCUT2D eigenvalue weighted by Crippen LogP contribution is -2.23. The Kier molecular flexibility index (Phi) is 4.87. The topological polar surface area (TPSA) is 21.7 Å². The number of hydrogen-bond acceptors (Lipinski definition) is 3. The van der Waals surface area contributed by atoms with Crippen molar-refractivity contribution < 1.29 is 9.47 Å². The van der Waals surface area contributed by atoms with Crippen LogP contribution in [0.4, 0.5) is 0 Å². The van der Waals surface area contributed by atoms with Gasteiger partial charge < -0.3 is 14.4 Å². The predicted octanol–water partition coefficient (Wildman–Crippen LogP) is 3.48. The summed E-state index contributed by atoms with van der Waals surface area (Å²) in [5, 5.41) is 0. The van der Waals surface area contributed by atoms with Gasteiger partial charge in [-0.2, -0.15) is 0 Å². The highest BCUT2D eigenvalue weighted by molar-refractivity contribution is 5.42. The average Bonchev–Trinajstić information content (AvgIpc) is 2.59. The second-order valence-electron chi connectivity index (χ2n) is 6.22. The number of likely N-dealkylation sites (N-methyl/N-ethyl adjacent to an activating group) is 1. The maximum absolute atomic E-state index is 5.59. The summed E-state index contributed by atoms with van der Waals surface area (Å²) in [6.45, 7) is 1.95. The molecule has 0 atom stereocenters. The first-order valence-corrected chi connectivity index (χ1v) is 8.20. The predicted molar refractivity (Wildman–Crippen MR) is 93.4 cm³/mol. The molecule has 23 heavy (non-hydrogen) atoms. The van der Waals surface area contributed by atoms with Gasteiger partial charge in [-0.05, 0) is 61.2 Å². The Labute approximate surface area is 138 Å². The molecule has 0 unspecified atom stereocenters. The van der Waals surface area contributed by atoms with Crippen molar-refractivity contribution in [1.82, 2.24) is 4.90 Å². The molecule has 0 radical (unpaired) electrons. The van der Waals surface area contributed by atoms with Gasteiger partial charge in [0.25, 0.3) is 0 Å². The van der Waals surface area contributed by atoms with Crippen molar-refractivity contribution in [1.29, 1.82) is 0 Å². The van der Waals surface area contributed by atoms with Gasteiger partial charge in [0.1, 0.15) is 11.5 Å². The molecule has 0 spiro atoms. The summed E-state index contributed by atoms with van der Waals surface area (Å²) in [7, 11) is 5.67. The third-order valence-electron chi connectivity index (χ3n) is 4.72. The van der Waals surface area contributed by atoms with Crippen LogP contribution in [0, 0.1) is 0 Å². The molecule has 0 aliphatic carbocycles. The van der Waals surface area contributed by atoms with E-state index < -0.39 is 0 Å². The fourth-order valence-electron chi connectivity index (χ4n) is 3.35. The van der Waals surface area contributed by atoms with Crippen LogP contribution in [-0.2, 0) is 25.8 Å².